The molecule has 2 N–H and O–H groups in total. The van der Waals surface area contributed by atoms with E-state index < -0.39 is 0 Å². The first-order valence-electron chi connectivity index (χ1n) is 7.01. The molecule has 3 rings (SSSR count). The zero-order valence-electron chi connectivity index (χ0n) is 11.6. The molecule has 0 aliphatic rings. The topological polar surface area (TPSA) is 40.7 Å². The first kappa shape index (κ1) is 13.3. The number of thiophene rings is 1. The molecule has 20 heavy (non-hydrogen) atoms. The van der Waals surface area contributed by atoms with Crippen LogP contribution < -0.4 is 5.32 Å². The number of imidazole rings is 1. The van der Waals surface area contributed by atoms with Gasteiger partial charge in [-0.05, 0) is 44.2 Å². The Morgan fingerprint density at radius 3 is 2.90 bits per heavy atom. The van der Waals surface area contributed by atoms with Gasteiger partial charge in [0.15, 0.2) is 0 Å². The second kappa shape index (κ2) is 6.20. The Bertz CT molecular complexity index is 651. The largest absolute Gasteiger partial charge is 0.342 e. The van der Waals surface area contributed by atoms with Gasteiger partial charge < -0.3 is 10.3 Å². The molecule has 1 aromatic carbocycles. The zero-order valence-corrected chi connectivity index (χ0v) is 12.5. The lowest BCUT2D eigenvalue weighted by atomic mass is 10.3. The summed E-state index contributed by atoms with van der Waals surface area (Å²) in [5.41, 5.74) is 2.19. The number of hydrogen-bond acceptors (Lipinski definition) is 3. The molecule has 0 amide bonds. The fraction of sp³-hybridized carbons (Fsp3) is 0.312. The minimum Gasteiger partial charge on any atom is -0.342 e. The summed E-state index contributed by atoms with van der Waals surface area (Å²) >= 11 is 1.86. The number of rotatable bonds is 6. The van der Waals surface area contributed by atoms with Crippen molar-refractivity contribution in [2.75, 3.05) is 6.54 Å². The minimum absolute atomic E-state index is 0.971. The molecule has 0 bridgehead atoms. The van der Waals surface area contributed by atoms with E-state index in [4.69, 9.17) is 0 Å². The van der Waals surface area contributed by atoms with Gasteiger partial charge in [-0.1, -0.05) is 12.1 Å². The number of nitrogens with one attached hydrogen (secondary N) is 2. The number of nitrogens with zero attached hydrogens (tertiary/aromatic N) is 1. The van der Waals surface area contributed by atoms with E-state index in [1.54, 1.807) is 0 Å². The van der Waals surface area contributed by atoms with Crippen LogP contribution in [0.3, 0.4) is 0 Å². The van der Waals surface area contributed by atoms with Crippen LogP contribution in [0.1, 0.15) is 22.0 Å². The van der Waals surface area contributed by atoms with Gasteiger partial charge in [0, 0.05) is 22.7 Å². The Labute approximate surface area is 123 Å². The molecule has 0 atom stereocenters. The van der Waals surface area contributed by atoms with Crippen LogP contribution >= 0.6 is 11.3 Å². The maximum Gasteiger partial charge on any atom is 0.107 e. The summed E-state index contributed by atoms with van der Waals surface area (Å²) < 4.78 is 0. The van der Waals surface area contributed by atoms with Crippen LogP contribution in [0.4, 0.5) is 0 Å². The van der Waals surface area contributed by atoms with Gasteiger partial charge in [0.2, 0.25) is 0 Å². The predicted octanol–water partition coefficient (Wildman–Crippen LogP) is 3.66. The quantitative estimate of drug-likeness (QED) is 0.679. The van der Waals surface area contributed by atoms with E-state index in [0.717, 1.165) is 42.8 Å². The van der Waals surface area contributed by atoms with E-state index in [-0.39, 0.29) is 0 Å². The normalized spacial score (nSPS) is 11.2. The number of para-hydroxylation sites is 2. The number of hydrogen-bond donors (Lipinski definition) is 2. The van der Waals surface area contributed by atoms with Gasteiger partial charge in [-0.2, -0.15) is 0 Å². The summed E-state index contributed by atoms with van der Waals surface area (Å²) in [6.45, 7) is 4.14. The summed E-state index contributed by atoms with van der Waals surface area (Å²) in [5.74, 6) is 1.08. The highest BCUT2D eigenvalue weighted by Gasteiger charge is 2.01. The Balaban J connectivity index is 1.43. The van der Waals surface area contributed by atoms with Crippen LogP contribution in [-0.2, 0) is 13.0 Å². The van der Waals surface area contributed by atoms with Crippen LogP contribution in [0.15, 0.2) is 36.4 Å². The number of H-pyrrole nitrogens is 1. The molecule has 0 spiro atoms. The van der Waals surface area contributed by atoms with Crippen molar-refractivity contribution in [1.82, 2.24) is 15.3 Å². The van der Waals surface area contributed by atoms with Gasteiger partial charge in [-0.15, -0.1) is 11.3 Å². The highest BCUT2D eigenvalue weighted by atomic mass is 32.1. The molecule has 0 aliphatic carbocycles. The molecule has 0 saturated heterocycles. The smallest absolute Gasteiger partial charge is 0.107 e. The Kier molecular flexibility index (Phi) is 4.14. The first-order chi connectivity index (χ1) is 9.81. The Morgan fingerprint density at radius 2 is 2.10 bits per heavy atom. The molecule has 3 aromatic rings. The van der Waals surface area contributed by atoms with Crippen molar-refractivity contribution >= 4 is 22.4 Å². The van der Waals surface area contributed by atoms with E-state index in [2.05, 4.69) is 40.4 Å². The first-order valence-corrected chi connectivity index (χ1v) is 7.82. The Morgan fingerprint density at radius 1 is 1.20 bits per heavy atom. The SMILES string of the molecule is Cc1ccc(CNCCCc2nc3ccccc3[nH]2)s1. The third-order valence-electron chi connectivity index (χ3n) is 3.30. The summed E-state index contributed by atoms with van der Waals surface area (Å²) in [4.78, 5) is 10.7. The van der Waals surface area contributed by atoms with E-state index in [1.807, 2.05) is 29.5 Å². The van der Waals surface area contributed by atoms with Crippen LogP contribution in [0.5, 0.6) is 0 Å². The predicted molar refractivity (Wildman–Crippen MR) is 85.2 cm³/mol. The molecule has 0 radical (unpaired) electrons. The number of aryl methyl sites for hydroxylation is 2. The molecule has 0 saturated carbocycles. The maximum absolute atomic E-state index is 4.59. The Hall–Kier alpha value is -1.65. The molecular weight excluding hydrogens is 266 g/mol. The monoisotopic (exact) mass is 285 g/mol. The molecule has 104 valence electrons. The highest BCUT2D eigenvalue weighted by Crippen LogP contribution is 2.14. The van der Waals surface area contributed by atoms with Gasteiger partial charge in [0.05, 0.1) is 11.0 Å². The lowest BCUT2D eigenvalue weighted by molar-refractivity contribution is 0.646. The average Bonchev–Trinajstić information content (AvgIpc) is 3.04. The molecular formula is C16H19N3S. The third-order valence-corrected chi connectivity index (χ3v) is 4.30. The van der Waals surface area contributed by atoms with Crippen molar-refractivity contribution in [3.05, 3.63) is 52.0 Å². The van der Waals surface area contributed by atoms with Gasteiger partial charge in [-0.25, -0.2) is 4.98 Å². The van der Waals surface area contributed by atoms with Crippen molar-refractivity contribution in [3.8, 4) is 0 Å². The molecule has 2 aromatic heterocycles. The lowest BCUT2D eigenvalue weighted by Crippen LogP contribution is -2.14. The van der Waals surface area contributed by atoms with Crippen LogP contribution in [0.25, 0.3) is 11.0 Å². The molecule has 0 aliphatic heterocycles. The molecule has 2 heterocycles. The van der Waals surface area contributed by atoms with E-state index in [1.165, 1.54) is 9.75 Å². The standard InChI is InChI=1S/C16H19N3S/c1-12-8-9-13(20-12)11-17-10-4-7-16-18-14-5-2-3-6-15(14)19-16/h2-3,5-6,8-9,17H,4,7,10-11H2,1H3,(H,18,19). The number of aromatic nitrogens is 2. The van der Waals surface area contributed by atoms with Gasteiger partial charge in [-0.3, -0.25) is 0 Å². The van der Waals surface area contributed by atoms with Crippen molar-refractivity contribution in [3.63, 3.8) is 0 Å². The summed E-state index contributed by atoms with van der Waals surface area (Å²) in [7, 11) is 0. The van der Waals surface area contributed by atoms with Gasteiger partial charge in [0.25, 0.3) is 0 Å². The summed E-state index contributed by atoms with van der Waals surface area (Å²) in [6.07, 6.45) is 2.09. The van der Waals surface area contributed by atoms with Crippen molar-refractivity contribution in [1.29, 1.82) is 0 Å². The number of benzene rings is 1. The second-order valence-corrected chi connectivity index (χ2v) is 6.37. The highest BCUT2D eigenvalue weighted by molar-refractivity contribution is 7.11. The maximum atomic E-state index is 4.59. The van der Waals surface area contributed by atoms with Gasteiger partial charge >= 0.3 is 0 Å². The van der Waals surface area contributed by atoms with Crippen LogP contribution in [0.2, 0.25) is 0 Å². The van der Waals surface area contributed by atoms with Gasteiger partial charge in [0.1, 0.15) is 5.82 Å². The summed E-state index contributed by atoms with van der Waals surface area (Å²) in [5, 5.41) is 3.49. The molecule has 0 unspecified atom stereocenters. The van der Waals surface area contributed by atoms with E-state index >= 15 is 0 Å². The van der Waals surface area contributed by atoms with Crippen LogP contribution in [-0.4, -0.2) is 16.5 Å². The van der Waals surface area contributed by atoms with Crippen molar-refractivity contribution in [2.24, 2.45) is 0 Å². The van der Waals surface area contributed by atoms with E-state index in [0.29, 0.717) is 0 Å². The lowest BCUT2D eigenvalue weighted by Gasteiger charge is -2.01. The third kappa shape index (κ3) is 3.26. The second-order valence-electron chi connectivity index (χ2n) is 4.99. The van der Waals surface area contributed by atoms with Crippen molar-refractivity contribution in [2.45, 2.75) is 26.3 Å². The summed E-state index contributed by atoms with van der Waals surface area (Å²) in [6, 6.07) is 12.6. The fourth-order valence-electron chi connectivity index (χ4n) is 2.30. The fourth-order valence-corrected chi connectivity index (χ4v) is 3.16. The van der Waals surface area contributed by atoms with E-state index in [9.17, 15) is 0 Å². The number of aromatic amines is 1. The van der Waals surface area contributed by atoms with Crippen molar-refractivity contribution < 1.29 is 0 Å². The zero-order chi connectivity index (χ0) is 13.8. The van der Waals surface area contributed by atoms with Crippen LogP contribution in [0, 0.1) is 6.92 Å². The molecule has 4 heteroatoms. The number of fused-ring (bicyclic) bond motifs is 1. The molecule has 3 nitrogen and oxygen atoms in total. The minimum atomic E-state index is 0.971. The molecule has 0 fully saturated rings. The average molecular weight is 285 g/mol.